The van der Waals surface area contributed by atoms with Gasteiger partial charge in [0.15, 0.2) is 0 Å². The molecule has 116 valence electrons. The second-order valence-electron chi connectivity index (χ2n) is 5.05. The summed E-state index contributed by atoms with van der Waals surface area (Å²) in [6.45, 7) is 1.91. The zero-order valence-electron chi connectivity index (χ0n) is 13.0. The Morgan fingerprint density at radius 1 is 1.32 bits per heavy atom. The lowest BCUT2D eigenvalue weighted by molar-refractivity contribution is 0.102. The highest BCUT2D eigenvalue weighted by molar-refractivity contribution is 9.10. The van der Waals surface area contributed by atoms with Crippen molar-refractivity contribution in [1.29, 1.82) is 0 Å². The maximum atomic E-state index is 12.4. The third-order valence-electron chi connectivity index (χ3n) is 3.22. The number of carbonyl (C=O) groups is 1. The molecule has 0 aliphatic carbocycles. The quantitative estimate of drug-likeness (QED) is 0.903. The minimum atomic E-state index is -0.271. The van der Waals surface area contributed by atoms with Gasteiger partial charge in [0.2, 0.25) is 0 Å². The zero-order chi connectivity index (χ0) is 16.3. The van der Waals surface area contributed by atoms with Crippen molar-refractivity contribution in [1.82, 2.24) is 4.98 Å². The summed E-state index contributed by atoms with van der Waals surface area (Å²) in [4.78, 5) is 18.5. The Hall–Kier alpha value is -2.08. The Morgan fingerprint density at radius 2 is 2.05 bits per heavy atom. The van der Waals surface area contributed by atoms with Crippen LogP contribution in [-0.2, 0) is 0 Å². The van der Waals surface area contributed by atoms with E-state index in [4.69, 9.17) is 4.74 Å². The monoisotopic (exact) mass is 363 g/mol. The lowest BCUT2D eigenvalue weighted by Gasteiger charge is -2.15. The second kappa shape index (κ2) is 6.79. The number of anilines is 2. The number of rotatable bonds is 4. The van der Waals surface area contributed by atoms with E-state index in [9.17, 15) is 4.79 Å². The van der Waals surface area contributed by atoms with E-state index in [0.29, 0.717) is 17.1 Å². The summed E-state index contributed by atoms with van der Waals surface area (Å²) >= 11 is 3.41. The van der Waals surface area contributed by atoms with Crippen LogP contribution in [0, 0.1) is 6.92 Å². The summed E-state index contributed by atoms with van der Waals surface area (Å²) in [6.07, 6.45) is 1.62. The molecule has 22 heavy (non-hydrogen) atoms. The Morgan fingerprint density at radius 3 is 2.68 bits per heavy atom. The van der Waals surface area contributed by atoms with Crippen LogP contribution in [0.3, 0.4) is 0 Å². The number of benzene rings is 1. The van der Waals surface area contributed by atoms with Gasteiger partial charge >= 0.3 is 0 Å². The van der Waals surface area contributed by atoms with Crippen LogP contribution in [0.4, 0.5) is 11.4 Å². The molecule has 0 saturated carbocycles. The van der Waals surface area contributed by atoms with Crippen molar-refractivity contribution in [3.8, 4) is 5.75 Å². The topological polar surface area (TPSA) is 54.5 Å². The van der Waals surface area contributed by atoms with E-state index >= 15 is 0 Å². The first-order valence-electron chi connectivity index (χ1n) is 6.71. The summed E-state index contributed by atoms with van der Waals surface area (Å²) < 4.78 is 6.23. The predicted octanol–water partition coefficient (Wildman–Crippen LogP) is 3.48. The number of carbonyl (C=O) groups excluding carboxylic acids is 1. The third-order valence-corrected chi connectivity index (χ3v) is 3.67. The van der Waals surface area contributed by atoms with Crippen molar-refractivity contribution in [3.05, 3.63) is 46.2 Å². The molecule has 1 amide bonds. The Balaban J connectivity index is 2.31. The van der Waals surface area contributed by atoms with Crippen molar-refractivity contribution in [2.24, 2.45) is 0 Å². The maximum Gasteiger partial charge on any atom is 0.274 e. The van der Waals surface area contributed by atoms with E-state index in [1.54, 1.807) is 19.4 Å². The van der Waals surface area contributed by atoms with Crippen LogP contribution in [0.5, 0.6) is 5.75 Å². The predicted molar refractivity (Wildman–Crippen MR) is 91.9 cm³/mol. The van der Waals surface area contributed by atoms with Crippen LogP contribution < -0.4 is 15.0 Å². The normalized spacial score (nSPS) is 10.2. The molecule has 0 fully saturated rings. The van der Waals surface area contributed by atoms with Gasteiger partial charge in [0, 0.05) is 30.5 Å². The number of nitrogens with one attached hydrogen (secondary N) is 1. The fourth-order valence-corrected chi connectivity index (χ4v) is 2.58. The van der Waals surface area contributed by atoms with E-state index in [2.05, 4.69) is 26.2 Å². The average molecular weight is 364 g/mol. The fourth-order valence-electron chi connectivity index (χ4n) is 2.03. The van der Waals surface area contributed by atoms with Gasteiger partial charge in [0.05, 0.1) is 12.8 Å². The molecule has 0 bridgehead atoms. The number of hydrogen-bond donors (Lipinski definition) is 1. The molecule has 0 saturated heterocycles. The standard InChI is InChI=1S/C16H18BrN3O2/c1-10-7-11(17)8-14(22-4)15(10)19-16(21)13-9-12(20(2)3)5-6-18-13/h5-9H,1-4H3,(H,19,21). The van der Waals surface area contributed by atoms with Crippen molar-refractivity contribution in [2.75, 3.05) is 31.4 Å². The third kappa shape index (κ3) is 3.57. The van der Waals surface area contributed by atoms with Crippen LogP contribution in [-0.4, -0.2) is 32.1 Å². The number of halogens is 1. The molecule has 1 aromatic carbocycles. The van der Waals surface area contributed by atoms with Gasteiger partial charge < -0.3 is 15.0 Å². The molecule has 1 heterocycles. The Labute approximate surface area is 138 Å². The number of nitrogens with zero attached hydrogens (tertiary/aromatic N) is 2. The number of aryl methyl sites for hydroxylation is 1. The smallest absolute Gasteiger partial charge is 0.274 e. The first-order valence-corrected chi connectivity index (χ1v) is 7.50. The molecule has 0 atom stereocenters. The van der Waals surface area contributed by atoms with Crippen LogP contribution in [0.2, 0.25) is 0 Å². The van der Waals surface area contributed by atoms with E-state index in [1.165, 1.54) is 0 Å². The van der Waals surface area contributed by atoms with Gasteiger partial charge in [0.1, 0.15) is 11.4 Å². The Kier molecular flexibility index (Phi) is 5.03. The van der Waals surface area contributed by atoms with Crippen molar-refractivity contribution in [2.45, 2.75) is 6.92 Å². The summed E-state index contributed by atoms with van der Waals surface area (Å²) in [5.41, 5.74) is 2.83. The summed E-state index contributed by atoms with van der Waals surface area (Å²) in [7, 11) is 5.40. The molecule has 1 N–H and O–H groups in total. The fraction of sp³-hybridized carbons (Fsp3) is 0.250. The number of pyridine rings is 1. The first kappa shape index (κ1) is 16.3. The SMILES string of the molecule is COc1cc(Br)cc(C)c1NC(=O)c1cc(N(C)C)ccn1. The first-order chi connectivity index (χ1) is 10.4. The number of amides is 1. The van der Waals surface area contributed by atoms with Gasteiger partial charge in [-0.1, -0.05) is 15.9 Å². The molecule has 2 rings (SSSR count). The summed E-state index contributed by atoms with van der Waals surface area (Å²) in [5, 5.41) is 2.87. The van der Waals surface area contributed by atoms with Gasteiger partial charge in [-0.15, -0.1) is 0 Å². The molecule has 2 aromatic rings. The number of methoxy groups -OCH3 is 1. The number of ether oxygens (including phenoxy) is 1. The minimum Gasteiger partial charge on any atom is -0.495 e. The zero-order valence-corrected chi connectivity index (χ0v) is 14.6. The van der Waals surface area contributed by atoms with E-state index < -0.39 is 0 Å². The van der Waals surface area contributed by atoms with E-state index in [0.717, 1.165) is 15.7 Å². The average Bonchev–Trinajstić information content (AvgIpc) is 2.49. The van der Waals surface area contributed by atoms with Gasteiger partial charge in [-0.2, -0.15) is 0 Å². The molecule has 1 aromatic heterocycles. The van der Waals surface area contributed by atoms with Gasteiger partial charge in [-0.05, 0) is 36.8 Å². The molecule has 0 aliphatic rings. The van der Waals surface area contributed by atoms with E-state index in [1.807, 2.05) is 44.1 Å². The summed E-state index contributed by atoms with van der Waals surface area (Å²) in [6, 6.07) is 7.33. The van der Waals surface area contributed by atoms with Crippen molar-refractivity contribution >= 4 is 33.2 Å². The van der Waals surface area contributed by atoms with Gasteiger partial charge in [-0.25, -0.2) is 0 Å². The van der Waals surface area contributed by atoms with Gasteiger partial charge in [-0.3, -0.25) is 9.78 Å². The molecule has 0 aliphatic heterocycles. The van der Waals surface area contributed by atoms with Crippen molar-refractivity contribution in [3.63, 3.8) is 0 Å². The Bertz CT molecular complexity index is 702. The molecule has 0 unspecified atom stereocenters. The van der Waals surface area contributed by atoms with Crippen LogP contribution >= 0.6 is 15.9 Å². The van der Waals surface area contributed by atoms with Crippen LogP contribution in [0.25, 0.3) is 0 Å². The highest BCUT2D eigenvalue weighted by Gasteiger charge is 2.14. The second-order valence-corrected chi connectivity index (χ2v) is 5.96. The van der Waals surface area contributed by atoms with Crippen molar-refractivity contribution < 1.29 is 9.53 Å². The lowest BCUT2D eigenvalue weighted by atomic mass is 10.1. The molecular weight excluding hydrogens is 346 g/mol. The molecular formula is C16H18BrN3O2. The molecule has 5 nitrogen and oxygen atoms in total. The maximum absolute atomic E-state index is 12.4. The molecule has 6 heteroatoms. The number of aromatic nitrogens is 1. The summed E-state index contributed by atoms with van der Waals surface area (Å²) in [5.74, 6) is 0.330. The van der Waals surface area contributed by atoms with Crippen LogP contribution in [0.1, 0.15) is 16.1 Å². The molecule has 0 spiro atoms. The van der Waals surface area contributed by atoms with Gasteiger partial charge in [0.25, 0.3) is 5.91 Å². The van der Waals surface area contributed by atoms with E-state index in [-0.39, 0.29) is 5.91 Å². The molecule has 0 radical (unpaired) electrons. The highest BCUT2D eigenvalue weighted by Crippen LogP contribution is 2.32. The van der Waals surface area contributed by atoms with Crippen LogP contribution in [0.15, 0.2) is 34.9 Å². The lowest BCUT2D eigenvalue weighted by Crippen LogP contribution is -2.16. The minimum absolute atomic E-state index is 0.271. The highest BCUT2D eigenvalue weighted by atomic mass is 79.9. The number of hydrogen-bond acceptors (Lipinski definition) is 4. The largest absolute Gasteiger partial charge is 0.495 e.